The van der Waals surface area contributed by atoms with E-state index in [0.717, 1.165) is 24.0 Å². The van der Waals surface area contributed by atoms with Crippen molar-refractivity contribution in [3.05, 3.63) is 90.2 Å². The molecule has 30 heavy (non-hydrogen) atoms. The number of nitrogens with one attached hydrogen (secondary N) is 1. The Morgan fingerprint density at radius 2 is 1.67 bits per heavy atom. The lowest BCUT2D eigenvalue weighted by atomic mass is 9.96. The summed E-state index contributed by atoms with van der Waals surface area (Å²) in [5.41, 5.74) is 3.11. The Balaban J connectivity index is 1.43. The molecule has 0 saturated carbocycles. The Bertz CT molecular complexity index is 1030. The summed E-state index contributed by atoms with van der Waals surface area (Å²) in [5, 5.41) is 2.98. The predicted molar refractivity (Wildman–Crippen MR) is 116 cm³/mol. The van der Waals surface area contributed by atoms with Crippen LogP contribution in [0.15, 0.2) is 78.9 Å². The van der Waals surface area contributed by atoms with E-state index in [-0.39, 0.29) is 23.5 Å². The molecule has 2 amide bonds. The van der Waals surface area contributed by atoms with Gasteiger partial charge in [-0.25, -0.2) is 4.39 Å². The van der Waals surface area contributed by atoms with Gasteiger partial charge in [0, 0.05) is 24.3 Å². The maximum absolute atomic E-state index is 13.2. The standard InChI is InChI=1S/C25H23FN2O2/c26-22-13-11-18(12-14-22)20-8-4-10-23(16-20)27-24(29)21-9-5-15-28(17-21)25(30)19-6-2-1-3-7-19/h1-4,6-8,10-14,16,21H,5,9,15,17H2,(H,27,29)/t21-/m0/s1. The van der Waals surface area contributed by atoms with Crippen molar-refractivity contribution in [3.8, 4) is 11.1 Å². The third kappa shape index (κ3) is 4.57. The van der Waals surface area contributed by atoms with Crippen molar-refractivity contribution in [2.45, 2.75) is 12.8 Å². The van der Waals surface area contributed by atoms with E-state index in [0.29, 0.717) is 24.3 Å². The van der Waals surface area contributed by atoms with Crippen molar-refractivity contribution < 1.29 is 14.0 Å². The number of carbonyl (C=O) groups excluding carboxylic acids is 2. The first kappa shape index (κ1) is 19.8. The lowest BCUT2D eigenvalue weighted by Gasteiger charge is -2.32. The number of anilines is 1. The number of likely N-dealkylation sites (tertiary alicyclic amines) is 1. The van der Waals surface area contributed by atoms with Crippen LogP contribution < -0.4 is 5.32 Å². The van der Waals surface area contributed by atoms with Crippen LogP contribution in [0.2, 0.25) is 0 Å². The van der Waals surface area contributed by atoms with E-state index in [1.165, 1.54) is 12.1 Å². The van der Waals surface area contributed by atoms with Crippen molar-refractivity contribution >= 4 is 17.5 Å². The summed E-state index contributed by atoms with van der Waals surface area (Å²) in [4.78, 5) is 27.3. The normalized spacial score (nSPS) is 16.2. The number of piperidine rings is 1. The second kappa shape index (κ2) is 8.91. The van der Waals surface area contributed by atoms with E-state index < -0.39 is 0 Å². The molecule has 1 saturated heterocycles. The maximum atomic E-state index is 13.2. The number of hydrogen-bond acceptors (Lipinski definition) is 2. The van der Waals surface area contributed by atoms with Gasteiger partial charge in [-0.3, -0.25) is 9.59 Å². The first-order valence-corrected chi connectivity index (χ1v) is 10.1. The minimum absolute atomic E-state index is 0.0357. The van der Waals surface area contributed by atoms with Gasteiger partial charge in [0.2, 0.25) is 5.91 Å². The van der Waals surface area contributed by atoms with E-state index in [2.05, 4.69) is 5.32 Å². The van der Waals surface area contributed by atoms with Crippen LogP contribution in [0, 0.1) is 11.7 Å². The van der Waals surface area contributed by atoms with Gasteiger partial charge in [0.25, 0.3) is 5.91 Å². The zero-order valence-corrected chi connectivity index (χ0v) is 16.6. The molecule has 1 heterocycles. The molecular formula is C25H23FN2O2. The number of amides is 2. The first-order valence-electron chi connectivity index (χ1n) is 10.1. The van der Waals surface area contributed by atoms with Gasteiger partial charge in [0.05, 0.1) is 5.92 Å². The molecule has 0 spiro atoms. The van der Waals surface area contributed by atoms with Gasteiger partial charge < -0.3 is 10.2 Å². The van der Waals surface area contributed by atoms with Crippen molar-refractivity contribution in [2.24, 2.45) is 5.92 Å². The number of benzene rings is 3. The summed E-state index contributed by atoms with van der Waals surface area (Å²) in [5.74, 6) is -0.653. The van der Waals surface area contributed by atoms with Gasteiger partial charge in [-0.15, -0.1) is 0 Å². The van der Waals surface area contributed by atoms with Crippen LogP contribution in [0.3, 0.4) is 0 Å². The molecule has 5 heteroatoms. The molecule has 1 aliphatic rings. The second-order valence-electron chi connectivity index (χ2n) is 7.53. The highest BCUT2D eigenvalue weighted by Crippen LogP contribution is 2.25. The minimum atomic E-state index is -0.282. The Kier molecular flexibility index (Phi) is 5.89. The topological polar surface area (TPSA) is 49.4 Å². The summed E-state index contributed by atoms with van der Waals surface area (Å²) in [6.45, 7) is 1.08. The summed E-state index contributed by atoms with van der Waals surface area (Å²) in [6.07, 6.45) is 1.55. The Hall–Kier alpha value is -3.47. The third-order valence-corrected chi connectivity index (χ3v) is 5.41. The van der Waals surface area contributed by atoms with E-state index in [1.807, 2.05) is 42.5 Å². The van der Waals surface area contributed by atoms with E-state index >= 15 is 0 Å². The van der Waals surface area contributed by atoms with Gasteiger partial charge in [0.15, 0.2) is 0 Å². The molecule has 4 rings (SSSR count). The molecule has 4 nitrogen and oxygen atoms in total. The summed E-state index contributed by atoms with van der Waals surface area (Å²) in [7, 11) is 0. The van der Waals surface area contributed by atoms with Crippen LogP contribution in [-0.2, 0) is 4.79 Å². The van der Waals surface area contributed by atoms with Crippen LogP contribution in [0.25, 0.3) is 11.1 Å². The summed E-state index contributed by atoms with van der Waals surface area (Å²) >= 11 is 0. The lowest BCUT2D eigenvalue weighted by molar-refractivity contribution is -0.121. The molecule has 1 atom stereocenters. The minimum Gasteiger partial charge on any atom is -0.338 e. The van der Waals surface area contributed by atoms with Crippen LogP contribution in [0.4, 0.5) is 10.1 Å². The largest absolute Gasteiger partial charge is 0.338 e. The third-order valence-electron chi connectivity index (χ3n) is 5.41. The molecule has 0 aromatic heterocycles. The summed E-state index contributed by atoms with van der Waals surface area (Å²) < 4.78 is 13.2. The molecule has 0 radical (unpaired) electrons. The zero-order valence-electron chi connectivity index (χ0n) is 16.6. The Labute approximate surface area is 175 Å². The molecule has 0 aliphatic carbocycles. The molecule has 3 aromatic carbocycles. The number of carbonyl (C=O) groups is 2. The Morgan fingerprint density at radius 3 is 2.43 bits per heavy atom. The highest BCUT2D eigenvalue weighted by molar-refractivity contribution is 5.96. The molecule has 0 bridgehead atoms. The fourth-order valence-corrected chi connectivity index (χ4v) is 3.80. The summed E-state index contributed by atoms with van der Waals surface area (Å²) in [6, 6.07) is 22.9. The average Bonchev–Trinajstić information content (AvgIpc) is 2.80. The fourth-order valence-electron chi connectivity index (χ4n) is 3.80. The smallest absolute Gasteiger partial charge is 0.253 e. The van der Waals surface area contributed by atoms with Crippen molar-refractivity contribution in [2.75, 3.05) is 18.4 Å². The molecule has 1 fully saturated rings. The van der Waals surface area contributed by atoms with Crippen molar-refractivity contribution in [1.29, 1.82) is 0 Å². The van der Waals surface area contributed by atoms with Gasteiger partial charge in [-0.05, 0) is 60.4 Å². The number of hydrogen-bond donors (Lipinski definition) is 1. The van der Waals surface area contributed by atoms with Crippen LogP contribution in [0.1, 0.15) is 23.2 Å². The Morgan fingerprint density at radius 1 is 0.900 bits per heavy atom. The van der Waals surface area contributed by atoms with Crippen LogP contribution in [0.5, 0.6) is 0 Å². The predicted octanol–water partition coefficient (Wildman–Crippen LogP) is 4.98. The SMILES string of the molecule is O=C(Nc1cccc(-c2ccc(F)cc2)c1)[C@H]1CCCN(C(=O)c2ccccc2)C1. The second-order valence-corrected chi connectivity index (χ2v) is 7.53. The van der Waals surface area contributed by atoms with Gasteiger partial charge in [-0.2, -0.15) is 0 Å². The van der Waals surface area contributed by atoms with Gasteiger partial charge in [0.1, 0.15) is 5.82 Å². The first-order chi connectivity index (χ1) is 14.6. The van der Waals surface area contributed by atoms with E-state index in [1.54, 1.807) is 29.2 Å². The van der Waals surface area contributed by atoms with Gasteiger partial charge >= 0.3 is 0 Å². The highest BCUT2D eigenvalue weighted by Gasteiger charge is 2.29. The quantitative estimate of drug-likeness (QED) is 0.669. The van der Waals surface area contributed by atoms with Gasteiger partial charge in [-0.1, -0.05) is 42.5 Å². The average molecular weight is 402 g/mol. The molecule has 152 valence electrons. The maximum Gasteiger partial charge on any atom is 0.253 e. The molecule has 0 unspecified atom stereocenters. The number of nitrogens with zero attached hydrogens (tertiary/aromatic N) is 1. The lowest BCUT2D eigenvalue weighted by Crippen LogP contribution is -2.43. The van der Waals surface area contributed by atoms with E-state index in [4.69, 9.17) is 0 Å². The van der Waals surface area contributed by atoms with Crippen molar-refractivity contribution in [3.63, 3.8) is 0 Å². The fraction of sp³-hybridized carbons (Fsp3) is 0.200. The molecule has 1 N–H and O–H groups in total. The van der Waals surface area contributed by atoms with Crippen LogP contribution in [-0.4, -0.2) is 29.8 Å². The molecular weight excluding hydrogens is 379 g/mol. The molecule has 1 aliphatic heterocycles. The zero-order chi connectivity index (χ0) is 20.9. The van der Waals surface area contributed by atoms with E-state index in [9.17, 15) is 14.0 Å². The molecule has 3 aromatic rings. The monoisotopic (exact) mass is 402 g/mol. The highest BCUT2D eigenvalue weighted by atomic mass is 19.1. The van der Waals surface area contributed by atoms with Crippen LogP contribution >= 0.6 is 0 Å². The van der Waals surface area contributed by atoms with Crippen molar-refractivity contribution in [1.82, 2.24) is 4.90 Å². The number of rotatable bonds is 4. The number of halogens is 1.